The third-order valence-electron chi connectivity index (χ3n) is 5.00. The summed E-state index contributed by atoms with van der Waals surface area (Å²) in [5.41, 5.74) is 2.91. The first-order valence-corrected chi connectivity index (χ1v) is 10.2. The van der Waals surface area contributed by atoms with E-state index in [1.165, 1.54) is 4.90 Å². The van der Waals surface area contributed by atoms with E-state index in [9.17, 15) is 9.59 Å². The third-order valence-corrected chi connectivity index (χ3v) is 5.00. The number of hydrogen-bond donors (Lipinski definition) is 2. The van der Waals surface area contributed by atoms with Crippen LogP contribution in [0.3, 0.4) is 0 Å². The number of para-hydroxylation sites is 2. The predicted molar refractivity (Wildman–Crippen MR) is 116 cm³/mol. The van der Waals surface area contributed by atoms with E-state index in [-0.39, 0.29) is 5.91 Å². The number of imidazole rings is 1. The molecular formula is C23H26N4O3. The number of aromatic nitrogens is 2. The van der Waals surface area contributed by atoms with Gasteiger partial charge in [-0.2, -0.15) is 0 Å². The molecule has 0 bridgehead atoms. The predicted octanol–water partition coefficient (Wildman–Crippen LogP) is 4.57. The average molecular weight is 406 g/mol. The van der Waals surface area contributed by atoms with Crippen LogP contribution in [0.5, 0.6) is 0 Å². The number of H-pyrrole nitrogens is 1. The van der Waals surface area contributed by atoms with Crippen molar-refractivity contribution in [1.29, 1.82) is 0 Å². The molecule has 3 aromatic rings. The van der Waals surface area contributed by atoms with Gasteiger partial charge in [-0.15, -0.1) is 0 Å². The van der Waals surface area contributed by atoms with Gasteiger partial charge in [0.1, 0.15) is 17.5 Å². The van der Waals surface area contributed by atoms with Crippen molar-refractivity contribution in [3.63, 3.8) is 0 Å². The Morgan fingerprint density at radius 1 is 1.13 bits per heavy atom. The van der Waals surface area contributed by atoms with Gasteiger partial charge in [-0.25, -0.2) is 9.78 Å². The highest BCUT2D eigenvalue weighted by molar-refractivity contribution is 5.97. The van der Waals surface area contributed by atoms with E-state index in [1.54, 1.807) is 0 Å². The van der Waals surface area contributed by atoms with Crippen LogP contribution in [0, 0.1) is 0 Å². The van der Waals surface area contributed by atoms with Crippen molar-refractivity contribution in [2.45, 2.75) is 45.3 Å². The van der Waals surface area contributed by atoms with Crippen molar-refractivity contribution in [2.75, 3.05) is 11.9 Å². The number of nitrogens with zero attached hydrogens (tertiary/aromatic N) is 2. The first-order valence-electron chi connectivity index (χ1n) is 10.2. The molecule has 0 aliphatic carbocycles. The van der Waals surface area contributed by atoms with Gasteiger partial charge < -0.3 is 15.0 Å². The second kappa shape index (κ2) is 7.82. The molecule has 2 N–H and O–H groups in total. The number of benzene rings is 2. The van der Waals surface area contributed by atoms with Crippen LogP contribution in [0.25, 0.3) is 22.4 Å². The highest BCUT2D eigenvalue weighted by atomic mass is 16.6. The lowest BCUT2D eigenvalue weighted by Gasteiger charge is -2.28. The number of fused-ring (bicyclic) bond motifs is 1. The Morgan fingerprint density at radius 2 is 1.87 bits per heavy atom. The van der Waals surface area contributed by atoms with Crippen LogP contribution in [0.4, 0.5) is 10.5 Å². The van der Waals surface area contributed by atoms with E-state index >= 15 is 0 Å². The number of rotatable bonds is 3. The SMILES string of the molecule is CC(C)(C)OC(=O)N1CCCC1C(=O)Nc1ccc(-c2nc3ccccc3[nH]2)cc1. The van der Waals surface area contributed by atoms with E-state index in [0.717, 1.165) is 28.8 Å². The summed E-state index contributed by atoms with van der Waals surface area (Å²) in [6.07, 6.45) is 0.963. The van der Waals surface area contributed by atoms with E-state index < -0.39 is 17.7 Å². The van der Waals surface area contributed by atoms with Gasteiger partial charge in [0.2, 0.25) is 5.91 Å². The van der Waals surface area contributed by atoms with Gasteiger partial charge in [0.25, 0.3) is 0 Å². The average Bonchev–Trinajstić information content (AvgIpc) is 3.34. The summed E-state index contributed by atoms with van der Waals surface area (Å²) in [6, 6.07) is 14.8. The minimum Gasteiger partial charge on any atom is -0.444 e. The zero-order valence-corrected chi connectivity index (χ0v) is 17.4. The van der Waals surface area contributed by atoms with E-state index in [1.807, 2.05) is 69.3 Å². The zero-order valence-electron chi connectivity index (χ0n) is 17.4. The number of aromatic amines is 1. The van der Waals surface area contributed by atoms with Crippen molar-refractivity contribution in [3.8, 4) is 11.4 Å². The van der Waals surface area contributed by atoms with E-state index in [2.05, 4.69) is 15.3 Å². The van der Waals surface area contributed by atoms with E-state index in [0.29, 0.717) is 18.7 Å². The summed E-state index contributed by atoms with van der Waals surface area (Å²) in [5, 5.41) is 2.92. The first kappa shape index (κ1) is 19.9. The van der Waals surface area contributed by atoms with Gasteiger partial charge in [-0.05, 0) is 70.0 Å². The molecule has 156 valence electrons. The lowest BCUT2D eigenvalue weighted by molar-refractivity contribution is -0.120. The zero-order chi connectivity index (χ0) is 21.3. The Bertz CT molecular complexity index is 1030. The van der Waals surface area contributed by atoms with Gasteiger partial charge in [0.15, 0.2) is 0 Å². The van der Waals surface area contributed by atoms with Crippen molar-refractivity contribution in [1.82, 2.24) is 14.9 Å². The van der Waals surface area contributed by atoms with Crippen molar-refractivity contribution >= 4 is 28.7 Å². The Labute approximate surface area is 175 Å². The number of amides is 2. The molecule has 2 heterocycles. The minimum atomic E-state index is -0.590. The molecule has 1 aliphatic heterocycles. The molecule has 1 unspecified atom stereocenters. The second-order valence-electron chi connectivity index (χ2n) is 8.50. The number of hydrogen-bond acceptors (Lipinski definition) is 4. The summed E-state index contributed by atoms with van der Waals surface area (Å²) in [5.74, 6) is 0.579. The summed E-state index contributed by atoms with van der Waals surface area (Å²) >= 11 is 0. The van der Waals surface area contributed by atoms with Crippen LogP contribution in [0.2, 0.25) is 0 Å². The number of anilines is 1. The fraction of sp³-hybridized carbons (Fsp3) is 0.348. The van der Waals surface area contributed by atoms with Crippen LogP contribution in [-0.2, 0) is 9.53 Å². The Hall–Kier alpha value is -3.35. The quantitative estimate of drug-likeness (QED) is 0.667. The first-order chi connectivity index (χ1) is 14.3. The number of likely N-dealkylation sites (tertiary alicyclic amines) is 1. The number of carbonyl (C=O) groups excluding carboxylic acids is 2. The molecule has 4 rings (SSSR count). The normalized spacial score (nSPS) is 16.6. The summed E-state index contributed by atoms with van der Waals surface area (Å²) in [7, 11) is 0. The van der Waals surface area contributed by atoms with Crippen molar-refractivity contribution in [3.05, 3.63) is 48.5 Å². The highest BCUT2D eigenvalue weighted by Crippen LogP contribution is 2.24. The second-order valence-corrected chi connectivity index (χ2v) is 8.50. The number of carbonyl (C=O) groups is 2. The molecule has 1 saturated heterocycles. The smallest absolute Gasteiger partial charge is 0.410 e. The largest absolute Gasteiger partial charge is 0.444 e. The van der Waals surface area contributed by atoms with Crippen molar-refractivity contribution < 1.29 is 14.3 Å². The maximum absolute atomic E-state index is 12.8. The number of ether oxygens (including phenoxy) is 1. The summed E-state index contributed by atoms with van der Waals surface area (Å²) in [4.78, 5) is 34.6. The summed E-state index contributed by atoms with van der Waals surface area (Å²) < 4.78 is 5.44. The fourth-order valence-corrected chi connectivity index (χ4v) is 3.60. The topological polar surface area (TPSA) is 87.3 Å². The van der Waals surface area contributed by atoms with Gasteiger partial charge in [-0.3, -0.25) is 9.69 Å². The lowest BCUT2D eigenvalue weighted by Crippen LogP contribution is -2.45. The molecule has 1 aliphatic rings. The molecular weight excluding hydrogens is 380 g/mol. The molecule has 0 saturated carbocycles. The van der Waals surface area contributed by atoms with Gasteiger partial charge in [0.05, 0.1) is 11.0 Å². The maximum atomic E-state index is 12.8. The van der Waals surface area contributed by atoms with Gasteiger partial charge >= 0.3 is 6.09 Å². The molecule has 2 amide bonds. The molecule has 1 atom stereocenters. The summed E-state index contributed by atoms with van der Waals surface area (Å²) in [6.45, 7) is 5.98. The highest BCUT2D eigenvalue weighted by Gasteiger charge is 2.36. The Kier molecular flexibility index (Phi) is 5.20. The molecule has 30 heavy (non-hydrogen) atoms. The standard InChI is InChI=1S/C23H26N4O3/c1-23(2,3)30-22(29)27-14-6-9-19(27)21(28)24-16-12-10-15(11-13-16)20-25-17-7-4-5-8-18(17)26-20/h4-5,7-8,10-13,19H,6,9,14H2,1-3H3,(H,24,28)(H,25,26). The fourth-order valence-electron chi connectivity index (χ4n) is 3.60. The number of nitrogens with one attached hydrogen (secondary N) is 2. The molecule has 0 radical (unpaired) electrons. The van der Waals surface area contributed by atoms with Crippen LogP contribution in [0.15, 0.2) is 48.5 Å². The van der Waals surface area contributed by atoms with Gasteiger partial charge in [-0.1, -0.05) is 12.1 Å². The van der Waals surface area contributed by atoms with Gasteiger partial charge in [0, 0.05) is 17.8 Å². The van der Waals surface area contributed by atoms with E-state index in [4.69, 9.17) is 4.74 Å². The maximum Gasteiger partial charge on any atom is 0.410 e. The van der Waals surface area contributed by atoms with Crippen LogP contribution in [0.1, 0.15) is 33.6 Å². The van der Waals surface area contributed by atoms with Crippen molar-refractivity contribution in [2.24, 2.45) is 0 Å². The Balaban J connectivity index is 1.43. The minimum absolute atomic E-state index is 0.199. The molecule has 7 heteroatoms. The monoisotopic (exact) mass is 406 g/mol. The molecule has 1 fully saturated rings. The lowest BCUT2D eigenvalue weighted by atomic mass is 10.1. The Morgan fingerprint density at radius 3 is 2.57 bits per heavy atom. The van der Waals surface area contributed by atoms with Crippen LogP contribution >= 0.6 is 0 Å². The molecule has 1 aromatic heterocycles. The molecule has 0 spiro atoms. The molecule has 7 nitrogen and oxygen atoms in total. The van der Waals surface area contributed by atoms with Crippen LogP contribution < -0.4 is 5.32 Å². The van der Waals surface area contributed by atoms with Crippen LogP contribution in [-0.4, -0.2) is 45.1 Å². The molecule has 2 aromatic carbocycles. The third kappa shape index (κ3) is 4.30.